The first kappa shape index (κ1) is 28.7. The van der Waals surface area contributed by atoms with E-state index >= 15 is 0 Å². The average Bonchev–Trinajstić information content (AvgIpc) is 2.93. The van der Waals surface area contributed by atoms with Crippen molar-refractivity contribution in [1.29, 1.82) is 0 Å². The number of carboxylic acids is 1. The van der Waals surface area contributed by atoms with E-state index in [9.17, 15) is 27.9 Å². The number of piperidine rings is 1. The number of nitrogens with zero attached hydrogens (tertiary/aromatic N) is 2. The van der Waals surface area contributed by atoms with Crippen LogP contribution in [0.2, 0.25) is 0 Å². The summed E-state index contributed by atoms with van der Waals surface area (Å²) < 4.78 is 36.1. The summed E-state index contributed by atoms with van der Waals surface area (Å²) in [5.41, 5.74) is 6.43. The summed E-state index contributed by atoms with van der Waals surface area (Å²) in [5, 5.41) is 10.6. The summed E-state index contributed by atoms with van der Waals surface area (Å²) in [6, 6.07) is -0.699. The summed E-state index contributed by atoms with van der Waals surface area (Å²) in [4.78, 5) is 37.7. The molecule has 2 aliphatic rings. The molecular weight excluding hydrogens is 502 g/mol. The Bertz CT molecular complexity index is 1220. The number of amides is 3. The van der Waals surface area contributed by atoms with E-state index in [4.69, 9.17) is 14.2 Å². The molecule has 2 heterocycles. The Morgan fingerprint density at radius 1 is 1.14 bits per heavy atom. The summed E-state index contributed by atoms with van der Waals surface area (Å²) in [6.07, 6.45) is 1.95. The Morgan fingerprint density at radius 2 is 1.76 bits per heavy atom. The number of hydroxylamine groups is 2. The fourth-order valence-electron chi connectivity index (χ4n) is 5.79. The average molecular weight is 540 g/mol. The van der Waals surface area contributed by atoms with Gasteiger partial charge < -0.3 is 19.9 Å². The molecule has 0 saturated carbocycles. The van der Waals surface area contributed by atoms with E-state index in [1.807, 2.05) is 0 Å². The molecule has 3 N–H and O–H groups in total. The Morgan fingerprint density at radius 3 is 2.30 bits per heavy atom. The monoisotopic (exact) mass is 539 g/mol. The van der Waals surface area contributed by atoms with Crippen LogP contribution in [-0.2, 0) is 25.9 Å². The lowest BCUT2D eigenvalue weighted by Gasteiger charge is -2.33. The highest BCUT2D eigenvalue weighted by Crippen LogP contribution is 2.39. The van der Waals surface area contributed by atoms with Crippen molar-refractivity contribution < 1.29 is 36.4 Å². The van der Waals surface area contributed by atoms with Gasteiger partial charge in [0, 0.05) is 12.1 Å². The summed E-state index contributed by atoms with van der Waals surface area (Å²) in [7, 11) is -4.83. The van der Waals surface area contributed by atoms with Crippen LogP contribution in [0.3, 0.4) is 0 Å². The second-order valence-electron chi connectivity index (χ2n) is 12.0. The molecule has 1 aromatic rings. The van der Waals surface area contributed by atoms with Crippen molar-refractivity contribution in [3.63, 3.8) is 0 Å². The largest absolute Gasteiger partial charge is 0.478 e. The zero-order chi connectivity index (χ0) is 28.1. The quantitative estimate of drug-likeness (QED) is 0.484. The number of hydrogen-bond donors (Lipinski definition) is 2. The van der Waals surface area contributed by atoms with Gasteiger partial charge in [0.25, 0.3) is 0 Å². The Labute approximate surface area is 218 Å². The van der Waals surface area contributed by atoms with E-state index in [0.717, 1.165) is 6.42 Å². The first-order valence-corrected chi connectivity index (χ1v) is 13.5. The number of fused-ring (bicyclic) bond motifs is 2. The first-order chi connectivity index (χ1) is 16.8. The predicted molar refractivity (Wildman–Crippen MR) is 135 cm³/mol. The number of aromatic carboxylic acids is 1. The van der Waals surface area contributed by atoms with Crippen molar-refractivity contribution in [3.8, 4) is 5.75 Å². The smallest absolute Gasteiger partial charge is 0.470 e. The number of carbonyl (C=O) groups excluding carboxylic acids is 2. The van der Waals surface area contributed by atoms with Crippen molar-refractivity contribution in [2.45, 2.75) is 86.2 Å². The maximum Gasteiger partial charge on any atom is 0.470 e. The van der Waals surface area contributed by atoms with Crippen LogP contribution in [0.25, 0.3) is 0 Å². The minimum atomic E-state index is -4.83. The lowest BCUT2D eigenvalue weighted by molar-refractivity contribution is -0.122. The first-order valence-electron chi connectivity index (χ1n) is 12.2. The second kappa shape index (κ2) is 9.79. The molecule has 2 bridgehead atoms. The maximum absolute atomic E-state index is 12.9. The molecule has 2 saturated heterocycles. The third kappa shape index (κ3) is 6.35. The van der Waals surface area contributed by atoms with Gasteiger partial charge >= 0.3 is 22.4 Å². The van der Waals surface area contributed by atoms with Crippen LogP contribution >= 0.6 is 0 Å². The van der Waals surface area contributed by atoms with Crippen LogP contribution in [-0.4, -0.2) is 60.0 Å². The molecule has 0 aromatic heterocycles. The molecule has 3 amide bonds. The van der Waals surface area contributed by atoms with E-state index in [-0.39, 0.29) is 34.3 Å². The molecule has 2 aliphatic heterocycles. The van der Waals surface area contributed by atoms with Gasteiger partial charge in [-0.05, 0) is 67.6 Å². The van der Waals surface area contributed by atoms with Crippen molar-refractivity contribution >= 4 is 28.3 Å². The molecule has 37 heavy (non-hydrogen) atoms. The highest BCUT2D eigenvalue weighted by Gasteiger charge is 2.49. The molecule has 0 aliphatic carbocycles. The van der Waals surface area contributed by atoms with Gasteiger partial charge in [-0.1, -0.05) is 34.6 Å². The van der Waals surface area contributed by atoms with Crippen molar-refractivity contribution in [2.24, 2.45) is 16.6 Å². The third-order valence-corrected chi connectivity index (χ3v) is 7.54. The summed E-state index contributed by atoms with van der Waals surface area (Å²) in [5.74, 6) is -2.07. The third-order valence-electron chi connectivity index (χ3n) is 6.81. The van der Waals surface area contributed by atoms with Gasteiger partial charge in [-0.2, -0.15) is 13.5 Å². The van der Waals surface area contributed by atoms with E-state index in [1.54, 1.807) is 6.92 Å². The molecule has 0 radical (unpaired) electrons. The van der Waals surface area contributed by atoms with Crippen LogP contribution in [0.1, 0.15) is 80.9 Å². The molecule has 2 atom stereocenters. The van der Waals surface area contributed by atoms with Crippen LogP contribution in [0.5, 0.6) is 5.75 Å². The minimum Gasteiger partial charge on any atom is -0.478 e. The van der Waals surface area contributed by atoms with Crippen LogP contribution in [0, 0.1) is 24.7 Å². The fraction of sp³-hybridized carbons (Fsp3) is 0.640. The molecule has 0 unspecified atom stereocenters. The second-order valence-corrected chi connectivity index (χ2v) is 13.2. The minimum absolute atomic E-state index is 0.0259. The van der Waals surface area contributed by atoms with E-state index in [1.165, 1.54) is 17.9 Å². The molecule has 3 rings (SSSR count). The van der Waals surface area contributed by atoms with Gasteiger partial charge in [0.2, 0.25) is 5.91 Å². The van der Waals surface area contributed by atoms with Gasteiger partial charge in [0.05, 0.1) is 11.6 Å². The van der Waals surface area contributed by atoms with Crippen LogP contribution in [0.15, 0.2) is 6.07 Å². The zero-order valence-corrected chi connectivity index (χ0v) is 23.3. The maximum atomic E-state index is 12.9. The number of primary amides is 1. The Kier molecular flexibility index (Phi) is 7.59. The molecule has 2 fully saturated rings. The summed E-state index contributed by atoms with van der Waals surface area (Å²) in [6.45, 7) is 13.8. The van der Waals surface area contributed by atoms with Gasteiger partial charge in [-0.3, -0.25) is 4.79 Å². The summed E-state index contributed by atoms with van der Waals surface area (Å²) >= 11 is 0. The normalized spacial score (nSPS) is 20.4. The lowest BCUT2D eigenvalue weighted by atomic mass is 9.72. The van der Waals surface area contributed by atoms with E-state index < -0.39 is 40.4 Å². The molecular formula is C25H37N3O8S. The fourth-order valence-corrected chi connectivity index (χ4v) is 6.60. The Hall–Kier alpha value is -2.86. The van der Waals surface area contributed by atoms with Crippen molar-refractivity contribution in [3.05, 3.63) is 28.3 Å². The van der Waals surface area contributed by atoms with Crippen LogP contribution in [0.4, 0.5) is 4.79 Å². The van der Waals surface area contributed by atoms with E-state index in [2.05, 4.69) is 34.6 Å². The Balaban J connectivity index is 1.91. The molecule has 1 aromatic carbocycles. The van der Waals surface area contributed by atoms with Gasteiger partial charge in [-0.25, -0.2) is 9.59 Å². The van der Waals surface area contributed by atoms with Crippen LogP contribution < -0.4 is 9.92 Å². The predicted octanol–water partition coefficient (Wildman–Crippen LogP) is 3.32. The van der Waals surface area contributed by atoms with Crippen molar-refractivity contribution in [1.82, 2.24) is 9.96 Å². The van der Waals surface area contributed by atoms with E-state index in [0.29, 0.717) is 35.5 Å². The number of benzene rings is 1. The molecule has 0 spiro atoms. The highest BCUT2D eigenvalue weighted by atomic mass is 32.3. The topological polar surface area (TPSA) is 157 Å². The lowest BCUT2D eigenvalue weighted by Crippen LogP contribution is -2.47. The SMILES string of the molecule is Cc1c(CC(C)(C)CC(C)(C)C)cc(OS(=O)(=O)ON2C(=O)N3C[C@H]2CC[C@H]3C(N)=O)c(C)c1C(=O)O. The molecule has 11 nitrogen and oxygen atoms in total. The number of rotatable bonds is 9. The zero-order valence-electron chi connectivity index (χ0n) is 22.5. The number of carbonyl (C=O) groups is 3. The number of nitrogens with two attached hydrogens (primary N) is 1. The molecule has 12 heteroatoms. The van der Waals surface area contributed by atoms with Crippen molar-refractivity contribution in [2.75, 3.05) is 6.54 Å². The van der Waals surface area contributed by atoms with Gasteiger partial charge in [-0.15, -0.1) is 4.28 Å². The van der Waals surface area contributed by atoms with Gasteiger partial charge in [0.1, 0.15) is 11.8 Å². The number of hydrogen-bond acceptors (Lipinski definition) is 7. The highest BCUT2D eigenvalue weighted by molar-refractivity contribution is 7.82. The number of urea groups is 1. The standard InChI is InChI=1S/C25H37N3O8S/c1-14-16(11-25(6,7)13-24(3,4)5)10-19(15(2)20(14)22(30)31)35-37(33,34)36-28-17-8-9-18(21(26)29)27(12-17)23(28)32/h10,17-18H,8-9,11-13H2,1-7H3,(H2,26,29)(H,30,31)/t17-,18+/m1/s1. The number of carboxylic acid groups (broad SMARTS) is 1. The molecule has 206 valence electrons. The van der Waals surface area contributed by atoms with Gasteiger partial charge in [0.15, 0.2) is 0 Å².